The summed E-state index contributed by atoms with van der Waals surface area (Å²) < 4.78 is 0. The van der Waals surface area contributed by atoms with Crippen LogP contribution >= 0.6 is 0 Å². The van der Waals surface area contributed by atoms with Crippen molar-refractivity contribution in [1.29, 1.82) is 0 Å². The van der Waals surface area contributed by atoms with E-state index in [0.717, 1.165) is 12.8 Å². The van der Waals surface area contributed by atoms with Crippen LogP contribution in [0.5, 0.6) is 0 Å². The monoisotopic (exact) mass is 287 g/mol. The van der Waals surface area contributed by atoms with Gasteiger partial charge in [-0.05, 0) is 25.0 Å². The molecule has 0 bridgehead atoms. The van der Waals surface area contributed by atoms with Crippen LogP contribution in [0.25, 0.3) is 0 Å². The van der Waals surface area contributed by atoms with E-state index in [1.165, 1.54) is 6.20 Å². The molecule has 1 saturated carbocycles. The van der Waals surface area contributed by atoms with Gasteiger partial charge < -0.3 is 15.7 Å². The van der Waals surface area contributed by atoms with Crippen molar-refractivity contribution >= 4 is 11.8 Å². The number of amides is 2. The predicted molar refractivity (Wildman–Crippen MR) is 76.3 cm³/mol. The molecule has 0 aromatic carbocycles. The van der Waals surface area contributed by atoms with Crippen LogP contribution in [0.15, 0.2) is 18.3 Å². The van der Waals surface area contributed by atoms with Crippen LogP contribution in [0, 0.1) is 11.8 Å². The van der Waals surface area contributed by atoms with Gasteiger partial charge in [0.2, 0.25) is 5.91 Å². The zero-order valence-electron chi connectivity index (χ0n) is 11.6. The highest BCUT2D eigenvalue weighted by Crippen LogP contribution is 2.18. The molecule has 1 aromatic heterocycles. The normalized spacial score (nSPS) is 13.0. The van der Waals surface area contributed by atoms with E-state index in [2.05, 4.69) is 27.5 Å². The third kappa shape index (κ3) is 4.89. The summed E-state index contributed by atoms with van der Waals surface area (Å²) in [6.45, 7) is -0.106. The van der Waals surface area contributed by atoms with Gasteiger partial charge in [0, 0.05) is 18.7 Å². The maximum atomic E-state index is 12.0. The Kier molecular flexibility index (Phi) is 5.29. The average molecular weight is 287 g/mol. The Bertz CT molecular complexity index is 585. The smallest absolute Gasteiger partial charge is 0.271 e. The predicted octanol–water partition coefficient (Wildman–Crippen LogP) is -0.176. The zero-order valence-corrected chi connectivity index (χ0v) is 11.6. The topological polar surface area (TPSA) is 91.3 Å². The molecule has 21 heavy (non-hydrogen) atoms. The molecule has 0 aliphatic heterocycles. The number of nitrogens with zero attached hydrogens (tertiary/aromatic N) is 1. The minimum Gasteiger partial charge on any atom is -0.395 e. The van der Waals surface area contributed by atoms with Crippen molar-refractivity contribution < 1.29 is 14.7 Å². The largest absolute Gasteiger partial charge is 0.395 e. The molecule has 6 nitrogen and oxygen atoms in total. The summed E-state index contributed by atoms with van der Waals surface area (Å²) in [6, 6.07) is 3.62. The number of nitrogens with one attached hydrogen (secondary N) is 2. The molecule has 0 unspecified atom stereocenters. The van der Waals surface area contributed by atoms with Crippen molar-refractivity contribution in [2.24, 2.45) is 0 Å². The van der Waals surface area contributed by atoms with Crippen LogP contribution < -0.4 is 10.6 Å². The number of hydrogen-bond donors (Lipinski definition) is 3. The fraction of sp³-hybridized carbons (Fsp3) is 0.400. The Morgan fingerprint density at radius 1 is 1.43 bits per heavy atom. The quantitative estimate of drug-likeness (QED) is 0.655. The molecule has 0 radical (unpaired) electrons. The summed E-state index contributed by atoms with van der Waals surface area (Å²) in [7, 11) is 0. The van der Waals surface area contributed by atoms with Gasteiger partial charge in [-0.3, -0.25) is 9.59 Å². The van der Waals surface area contributed by atoms with Gasteiger partial charge in [0.1, 0.15) is 5.69 Å². The fourth-order valence-electron chi connectivity index (χ4n) is 1.65. The maximum Gasteiger partial charge on any atom is 0.271 e. The highest BCUT2D eigenvalue weighted by molar-refractivity contribution is 5.96. The zero-order chi connectivity index (χ0) is 15.1. The molecule has 2 rings (SSSR count). The van der Waals surface area contributed by atoms with Gasteiger partial charge in [-0.25, -0.2) is 4.98 Å². The van der Waals surface area contributed by atoms with Gasteiger partial charge >= 0.3 is 0 Å². The maximum absolute atomic E-state index is 12.0. The van der Waals surface area contributed by atoms with Crippen molar-refractivity contribution in [2.75, 3.05) is 13.2 Å². The van der Waals surface area contributed by atoms with E-state index in [0.29, 0.717) is 12.0 Å². The summed E-state index contributed by atoms with van der Waals surface area (Å²) in [5.74, 6) is 4.90. The van der Waals surface area contributed by atoms with Crippen molar-refractivity contribution in [2.45, 2.75) is 25.3 Å². The average Bonchev–Trinajstić information content (AvgIpc) is 3.29. The molecule has 110 valence electrons. The third-order valence-electron chi connectivity index (χ3n) is 2.83. The Labute approximate surface area is 123 Å². The lowest BCUT2D eigenvalue weighted by atomic mass is 10.2. The Morgan fingerprint density at radius 2 is 2.24 bits per heavy atom. The number of pyridine rings is 1. The first-order chi connectivity index (χ1) is 10.2. The molecule has 1 aromatic rings. The standard InChI is InChI=1S/C15H17N3O3/c19-9-2-1-4-11-5-3-8-16-14(11)15(21)17-10-13(20)18-12-6-7-12/h3,5,8,12,19H,2,6-7,9-10H2,(H,17,21)(H,18,20). The minimum absolute atomic E-state index is 0.0316. The molecule has 1 aliphatic carbocycles. The lowest BCUT2D eigenvalue weighted by Gasteiger charge is -2.06. The third-order valence-corrected chi connectivity index (χ3v) is 2.83. The van der Waals surface area contributed by atoms with Gasteiger partial charge in [-0.2, -0.15) is 0 Å². The molecule has 0 spiro atoms. The molecule has 3 N–H and O–H groups in total. The second kappa shape index (κ2) is 7.41. The van der Waals surface area contributed by atoms with E-state index in [4.69, 9.17) is 5.11 Å². The Hall–Kier alpha value is -2.39. The first-order valence-corrected chi connectivity index (χ1v) is 6.83. The van der Waals surface area contributed by atoms with E-state index < -0.39 is 5.91 Å². The van der Waals surface area contributed by atoms with Gasteiger partial charge in [-0.15, -0.1) is 0 Å². The van der Waals surface area contributed by atoms with E-state index in [1.54, 1.807) is 12.1 Å². The lowest BCUT2D eigenvalue weighted by molar-refractivity contribution is -0.120. The molecule has 0 atom stereocenters. The van der Waals surface area contributed by atoms with Crippen LogP contribution in [-0.4, -0.2) is 41.1 Å². The highest BCUT2D eigenvalue weighted by Gasteiger charge is 2.23. The molecule has 2 amide bonds. The van der Waals surface area contributed by atoms with Crippen LogP contribution in [0.1, 0.15) is 35.3 Å². The van der Waals surface area contributed by atoms with E-state index in [-0.39, 0.29) is 30.8 Å². The molecule has 0 saturated heterocycles. The molecule has 1 fully saturated rings. The molecule has 1 aliphatic rings. The molecular weight excluding hydrogens is 270 g/mol. The SMILES string of the molecule is O=C(CNC(=O)c1ncccc1C#CCCO)NC1CC1. The second-order valence-electron chi connectivity index (χ2n) is 4.70. The van der Waals surface area contributed by atoms with Crippen LogP contribution in [0.3, 0.4) is 0 Å². The van der Waals surface area contributed by atoms with Crippen molar-refractivity contribution in [3.8, 4) is 11.8 Å². The van der Waals surface area contributed by atoms with E-state index in [1.807, 2.05) is 0 Å². The van der Waals surface area contributed by atoms with E-state index >= 15 is 0 Å². The number of hydrogen-bond acceptors (Lipinski definition) is 4. The second-order valence-corrected chi connectivity index (χ2v) is 4.70. The van der Waals surface area contributed by atoms with Crippen LogP contribution in [0.2, 0.25) is 0 Å². The molecule has 1 heterocycles. The van der Waals surface area contributed by atoms with Crippen molar-refractivity contribution in [3.05, 3.63) is 29.6 Å². The summed E-state index contributed by atoms with van der Waals surface area (Å²) in [4.78, 5) is 27.6. The summed E-state index contributed by atoms with van der Waals surface area (Å²) in [5.41, 5.74) is 0.660. The number of rotatable bonds is 5. The highest BCUT2D eigenvalue weighted by atomic mass is 16.2. The fourth-order valence-corrected chi connectivity index (χ4v) is 1.65. The van der Waals surface area contributed by atoms with Gasteiger partial charge in [0.25, 0.3) is 5.91 Å². The number of carbonyl (C=O) groups excluding carboxylic acids is 2. The first-order valence-electron chi connectivity index (χ1n) is 6.83. The molecular formula is C15H17N3O3. The van der Waals surface area contributed by atoms with Crippen molar-refractivity contribution in [1.82, 2.24) is 15.6 Å². The van der Waals surface area contributed by atoms with Crippen LogP contribution in [0.4, 0.5) is 0 Å². The number of aliphatic hydroxyl groups is 1. The summed E-state index contributed by atoms with van der Waals surface area (Å²) >= 11 is 0. The van der Waals surface area contributed by atoms with Gasteiger partial charge in [0.15, 0.2) is 0 Å². The van der Waals surface area contributed by atoms with Gasteiger partial charge in [0.05, 0.1) is 18.7 Å². The van der Waals surface area contributed by atoms with Crippen molar-refractivity contribution in [3.63, 3.8) is 0 Å². The lowest BCUT2D eigenvalue weighted by Crippen LogP contribution is -2.38. The Morgan fingerprint density at radius 3 is 2.95 bits per heavy atom. The number of aromatic nitrogens is 1. The molecule has 6 heteroatoms. The first kappa shape index (κ1) is 15.0. The number of aliphatic hydroxyl groups excluding tert-OH is 1. The van der Waals surface area contributed by atoms with Crippen LogP contribution in [-0.2, 0) is 4.79 Å². The van der Waals surface area contributed by atoms with Gasteiger partial charge in [-0.1, -0.05) is 11.8 Å². The summed E-state index contributed by atoms with van der Waals surface area (Å²) in [5, 5.41) is 14.0. The summed E-state index contributed by atoms with van der Waals surface area (Å²) in [6.07, 6.45) is 3.84. The van der Waals surface area contributed by atoms with E-state index in [9.17, 15) is 9.59 Å². The minimum atomic E-state index is -0.435. The Balaban J connectivity index is 1.94. The number of carbonyl (C=O) groups is 2.